The van der Waals surface area contributed by atoms with Crippen molar-refractivity contribution in [1.29, 1.82) is 0 Å². The van der Waals surface area contributed by atoms with Crippen LogP contribution in [-0.4, -0.2) is 0 Å². The zero-order valence-corrected chi connectivity index (χ0v) is 13.0. The third-order valence-electron chi connectivity index (χ3n) is 3.68. The van der Waals surface area contributed by atoms with Gasteiger partial charge >= 0.3 is 0 Å². The summed E-state index contributed by atoms with van der Waals surface area (Å²) in [5.41, 5.74) is 5.56. The highest BCUT2D eigenvalue weighted by Gasteiger charge is 2.02. The van der Waals surface area contributed by atoms with Gasteiger partial charge in [0.2, 0.25) is 0 Å². The van der Waals surface area contributed by atoms with Crippen LogP contribution in [0.2, 0.25) is 0 Å². The van der Waals surface area contributed by atoms with Gasteiger partial charge in [0, 0.05) is 0 Å². The average molecular weight is 266 g/mol. The summed E-state index contributed by atoms with van der Waals surface area (Å²) in [5.74, 6) is 0.710. The first kappa shape index (κ1) is 14.8. The summed E-state index contributed by atoms with van der Waals surface area (Å²) in [7, 11) is 0. The summed E-state index contributed by atoms with van der Waals surface area (Å²) in [4.78, 5) is 0. The Labute approximate surface area is 123 Å². The lowest BCUT2D eigenvalue weighted by molar-refractivity contribution is 0.647. The molecule has 0 aromatic heterocycles. The second kappa shape index (κ2) is 7.28. The molecule has 0 aliphatic heterocycles. The van der Waals surface area contributed by atoms with E-state index in [4.69, 9.17) is 0 Å². The molecule has 0 spiro atoms. The van der Waals surface area contributed by atoms with Crippen molar-refractivity contribution in [2.45, 2.75) is 46.5 Å². The Morgan fingerprint density at radius 3 is 2.25 bits per heavy atom. The third-order valence-corrected chi connectivity index (χ3v) is 3.68. The number of hydrogen-bond donors (Lipinski definition) is 0. The van der Waals surface area contributed by atoms with Crippen LogP contribution in [0.1, 0.15) is 44.7 Å². The van der Waals surface area contributed by atoms with Crippen molar-refractivity contribution in [3.8, 4) is 11.1 Å². The quantitative estimate of drug-likeness (QED) is 0.611. The van der Waals surface area contributed by atoms with Crippen LogP contribution in [0.5, 0.6) is 0 Å². The van der Waals surface area contributed by atoms with Crippen LogP contribution in [0.25, 0.3) is 11.1 Å². The van der Waals surface area contributed by atoms with Gasteiger partial charge in [0.1, 0.15) is 0 Å². The highest BCUT2D eigenvalue weighted by atomic mass is 14.1. The molecule has 0 unspecified atom stereocenters. The minimum atomic E-state index is 0.710. The number of rotatable bonds is 6. The van der Waals surface area contributed by atoms with E-state index >= 15 is 0 Å². The molecular weight excluding hydrogens is 240 g/mol. The summed E-state index contributed by atoms with van der Waals surface area (Å²) in [6, 6.07) is 18.0. The van der Waals surface area contributed by atoms with E-state index in [0.717, 1.165) is 6.42 Å². The molecule has 0 heterocycles. The minimum absolute atomic E-state index is 0.710. The van der Waals surface area contributed by atoms with E-state index in [1.54, 1.807) is 0 Å². The smallest absolute Gasteiger partial charge is 0.0181 e. The molecule has 2 rings (SSSR count). The van der Waals surface area contributed by atoms with Gasteiger partial charge in [0.15, 0.2) is 0 Å². The maximum atomic E-state index is 2.33. The molecule has 0 bridgehead atoms. The van der Waals surface area contributed by atoms with Crippen LogP contribution < -0.4 is 0 Å². The van der Waals surface area contributed by atoms with Crippen molar-refractivity contribution in [2.24, 2.45) is 5.92 Å². The van der Waals surface area contributed by atoms with Gasteiger partial charge in [-0.05, 0) is 47.4 Å². The average Bonchev–Trinajstić information content (AvgIpc) is 2.45. The lowest BCUT2D eigenvalue weighted by Crippen LogP contribution is -1.94. The number of hydrogen-bond acceptors (Lipinski definition) is 0. The summed E-state index contributed by atoms with van der Waals surface area (Å²) in [6.07, 6.45) is 4.90. The SMILES string of the molecule is CCCCc1ccc(-c2cccc(CC(C)C)c2)cc1. The summed E-state index contributed by atoms with van der Waals surface area (Å²) in [6.45, 7) is 6.79. The van der Waals surface area contributed by atoms with E-state index in [9.17, 15) is 0 Å². The molecule has 0 radical (unpaired) electrons. The van der Waals surface area contributed by atoms with E-state index in [-0.39, 0.29) is 0 Å². The van der Waals surface area contributed by atoms with E-state index in [0.29, 0.717) is 5.92 Å². The lowest BCUT2D eigenvalue weighted by atomic mass is 9.97. The fourth-order valence-corrected chi connectivity index (χ4v) is 2.59. The maximum absolute atomic E-state index is 2.33. The zero-order chi connectivity index (χ0) is 14.4. The largest absolute Gasteiger partial charge is 0.0654 e. The van der Waals surface area contributed by atoms with Crippen molar-refractivity contribution >= 4 is 0 Å². The van der Waals surface area contributed by atoms with Gasteiger partial charge in [-0.15, -0.1) is 0 Å². The molecule has 0 fully saturated rings. The molecule has 2 aromatic rings. The molecule has 0 saturated carbocycles. The molecule has 0 nitrogen and oxygen atoms in total. The second-order valence-electron chi connectivity index (χ2n) is 6.10. The van der Waals surface area contributed by atoms with Crippen molar-refractivity contribution in [3.05, 3.63) is 59.7 Å². The number of aryl methyl sites for hydroxylation is 1. The lowest BCUT2D eigenvalue weighted by Gasteiger charge is -2.08. The van der Waals surface area contributed by atoms with Crippen LogP contribution in [0.3, 0.4) is 0 Å². The summed E-state index contributed by atoms with van der Waals surface area (Å²) in [5, 5.41) is 0. The third kappa shape index (κ3) is 4.23. The van der Waals surface area contributed by atoms with E-state index in [2.05, 4.69) is 69.3 Å². The van der Waals surface area contributed by atoms with E-state index < -0.39 is 0 Å². The fourth-order valence-electron chi connectivity index (χ4n) is 2.59. The number of unbranched alkanes of at least 4 members (excludes halogenated alkanes) is 1. The standard InChI is InChI=1S/C20H26/c1-4-5-7-17-10-12-19(13-11-17)20-9-6-8-18(15-20)14-16(2)3/h6,8-13,15-16H,4-5,7,14H2,1-3H3. The van der Waals surface area contributed by atoms with Gasteiger partial charge in [0.05, 0.1) is 0 Å². The molecule has 0 amide bonds. The van der Waals surface area contributed by atoms with Crippen LogP contribution in [0.4, 0.5) is 0 Å². The summed E-state index contributed by atoms with van der Waals surface area (Å²) < 4.78 is 0. The van der Waals surface area contributed by atoms with Crippen LogP contribution >= 0.6 is 0 Å². The van der Waals surface area contributed by atoms with Gasteiger partial charge in [-0.2, -0.15) is 0 Å². The Kier molecular flexibility index (Phi) is 5.40. The second-order valence-corrected chi connectivity index (χ2v) is 6.10. The molecular formula is C20H26. The van der Waals surface area contributed by atoms with Crippen molar-refractivity contribution in [1.82, 2.24) is 0 Å². The molecule has 0 aliphatic carbocycles. The molecule has 0 heteroatoms. The van der Waals surface area contributed by atoms with Gasteiger partial charge < -0.3 is 0 Å². The minimum Gasteiger partial charge on any atom is -0.0654 e. The Balaban J connectivity index is 2.14. The Hall–Kier alpha value is -1.56. The molecule has 0 aliphatic rings. The predicted molar refractivity (Wildman–Crippen MR) is 89.0 cm³/mol. The Bertz CT molecular complexity index is 520. The Morgan fingerprint density at radius 2 is 1.60 bits per heavy atom. The van der Waals surface area contributed by atoms with Crippen molar-refractivity contribution in [3.63, 3.8) is 0 Å². The molecule has 0 saturated heterocycles. The molecule has 0 atom stereocenters. The maximum Gasteiger partial charge on any atom is -0.0181 e. The van der Waals surface area contributed by atoms with Gasteiger partial charge in [-0.25, -0.2) is 0 Å². The van der Waals surface area contributed by atoms with E-state index in [1.807, 2.05) is 0 Å². The molecule has 2 aromatic carbocycles. The van der Waals surface area contributed by atoms with E-state index in [1.165, 1.54) is 41.5 Å². The highest BCUT2D eigenvalue weighted by molar-refractivity contribution is 5.64. The van der Waals surface area contributed by atoms with Crippen LogP contribution in [0, 0.1) is 5.92 Å². The monoisotopic (exact) mass is 266 g/mol. The normalized spacial score (nSPS) is 11.0. The van der Waals surface area contributed by atoms with Crippen LogP contribution in [-0.2, 0) is 12.8 Å². The van der Waals surface area contributed by atoms with Crippen molar-refractivity contribution in [2.75, 3.05) is 0 Å². The fraction of sp³-hybridized carbons (Fsp3) is 0.400. The van der Waals surface area contributed by atoms with Gasteiger partial charge in [-0.1, -0.05) is 75.7 Å². The molecule has 0 N–H and O–H groups in total. The van der Waals surface area contributed by atoms with Gasteiger partial charge in [0.25, 0.3) is 0 Å². The number of benzene rings is 2. The Morgan fingerprint density at radius 1 is 0.850 bits per heavy atom. The first-order valence-electron chi connectivity index (χ1n) is 7.87. The topological polar surface area (TPSA) is 0 Å². The predicted octanol–water partition coefficient (Wildman–Crippen LogP) is 5.89. The van der Waals surface area contributed by atoms with Crippen molar-refractivity contribution < 1.29 is 0 Å². The van der Waals surface area contributed by atoms with Gasteiger partial charge in [-0.3, -0.25) is 0 Å². The highest BCUT2D eigenvalue weighted by Crippen LogP contribution is 2.22. The first-order chi connectivity index (χ1) is 9.69. The zero-order valence-electron chi connectivity index (χ0n) is 13.0. The van der Waals surface area contributed by atoms with Crippen LogP contribution in [0.15, 0.2) is 48.5 Å². The summed E-state index contributed by atoms with van der Waals surface area (Å²) >= 11 is 0. The molecule has 106 valence electrons. The molecule has 20 heavy (non-hydrogen) atoms. The first-order valence-corrected chi connectivity index (χ1v) is 7.87.